The summed E-state index contributed by atoms with van der Waals surface area (Å²) < 4.78 is 6.89. The second kappa shape index (κ2) is 8.03. The third-order valence-corrected chi connectivity index (χ3v) is 4.17. The van der Waals surface area contributed by atoms with E-state index in [2.05, 4.69) is 20.6 Å². The van der Waals surface area contributed by atoms with Gasteiger partial charge in [0.2, 0.25) is 0 Å². The molecule has 1 aromatic carbocycles. The lowest BCUT2D eigenvalue weighted by atomic mass is 10.1. The number of hydrogen-bond donors (Lipinski definition) is 2. The summed E-state index contributed by atoms with van der Waals surface area (Å²) in [5.41, 5.74) is 0.0490. The van der Waals surface area contributed by atoms with Crippen LogP contribution < -0.4 is 10.9 Å². The molecule has 2 N–H and O–H groups in total. The molecule has 1 amide bonds. The van der Waals surface area contributed by atoms with Gasteiger partial charge in [0.25, 0.3) is 11.5 Å². The molecule has 3 rings (SSSR count). The Kier molecular flexibility index (Phi) is 5.53. The van der Waals surface area contributed by atoms with E-state index in [1.807, 2.05) is 13.8 Å². The predicted octanol–water partition coefficient (Wildman–Crippen LogP) is 1.81. The fourth-order valence-corrected chi connectivity index (χ4v) is 2.79. The summed E-state index contributed by atoms with van der Waals surface area (Å²) in [7, 11) is 0. The van der Waals surface area contributed by atoms with E-state index in [0.29, 0.717) is 22.3 Å². The van der Waals surface area contributed by atoms with Crippen LogP contribution in [0.5, 0.6) is 0 Å². The first-order valence-corrected chi connectivity index (χ1v) is 8.87. The Labute approximate surface area is 160 Å². The fraction of sp³-hybridized carbons (Fsp3) is 0.316. The average Bonchev–Trinajstić information content (AvgIpc) is 3.12. The Balaban J connectivity index is 1.66. The summed E-state index contributed by atoms with van der Waals surface area (Å²) in [5, 5.41) is 14.2. The normalized spacial score (nSPS) is 12.1. The van der Waals surface area contributed by atoms with Gasteiger partial charge >= 0.3 is 5.97 Å². The third-order valence-electron chi connectivity index (χ3n) is 4.17. The molecule has 2 heterocycles. The lowest BCUT2D eigenvalue weighted by Gasteiger charge is -2.15. The molecule has 0 aliphatic carbocycles. The highest BCUT2D eigenvalue weighted by Gasteiger charge is 2.21. The zero-order chi connectivity index (χ0) is 20.3. The number of amides is 1. The maximum atomic E-state index is 12.3. The Morgan fingerprint density at radius 2 is 1.89 bits per heavy atom. The lowest BCUT2D eigenvalue weighted by Crippen LogP contribution is -2.31. The molecule has 0 spiro atoms. The van der Waals surface area contributed by atoms with E-state index in [4.69, 9.17) is 4.74 Å². The molecule has 0 aliphatic heterocycles. The van der Waals surface area contributed by atoms with Crippen LogP contribution in [0.15, 0.2) is 41.3 Å². The maximum Gasteiger partial charge on any atom is 0.312 e. The highest BCUT2D eigenvalue weighted by atomic mass is 16.5. The van der Waals surface area contributed by atoms with Crippen molar-refractivity contribution in [2.24, 2.45) is 0 Å². The van der Waals surface area contributed by atoms with Crippen LogP contribution in [0.25, 0.3) is 10.8 Å². The van der Waals surface area contributed by atoms with Crippen LogP contribution in [-0.4, -0.2) is 38.0 Å². The monoisotopic (exact) mass is 383 g/mol. The maximum absolute atomic E-state index is 12.3. The number of ether oxygens (including phenoxy) is 1. The first-order chi connectivity index (χ1) is 13.4. The molecule has 146 valence electrons. The largest absolute Gasteiger partial charge is 0.452 e. The SMILES string of the molecule is CC(C)n1nccc1NC(=O)[C@H](C)OC(=O)Cc1n[nH]c(=O)c2ccccc12. The lowest BCUT2D eigenvalue weighted by molar-refractivity contribution is -0.152. The van der Waals surface area contributed by atoms with Gasteiger partial charge in [0.15, 0.2) is 6.10 Å². The van der Waals surface area contributed by atoms with Gasteiger partial charge in [-0.15, -0.1) is 0 Å². The summed E-state index contributed by atoms with van der Waals surface area (Å²) in [6.07, 6.45) is 0.412. The van der Waals surface area contributed by atoms with Crippen molar-refractivity contribution in [3.63, 3.8) is 0 Å². The minimum Gasteiger partial charge on any atom is -0.452 e. The first-order valence-electron chi connectivity index (χ1n) is 8.87. The summed E-state index contributed by atoms with van der Waals surface area (Å²) in [4.78, 5) is 36.4. The van der Waals surface area contributed by atoms with Gasteiger partial charge in [0.1, 0.15) is 5.82 Å². The van der Waals surface area contributed by atoms with E-state index in [0.717, 1.165) is 0 Å². The summed E-state index contributed by atoms with van der Waals surface area (Å²) in [5.74, 6) is -0.559. The van der Waals surface area contributed by atoms with Crippen molar-refractivity contribution < 1.29 is 14.3 Å². The van der Waals surface area contributed by atoms with Gasteiger partial charge in [0, 0.05) is 17.5 Å². The van der Waals surface area contributed by atoms with Crippen LogP contribution in [0.2, 0.25) is 0 Å². The molecule has 2 aromatic heterocycles. The van der Waals surface area contributed by atoms with E-state index >= 15 is 0 Å². The second-order valence-corrected chi connectivity index (χ2v) is 6.60. The summed E-state index contributed by atoms with van der Waals surface area (Å²) in [6.45, 7) is 5.36. The Morgan fingerprint density at radius 3 is 2.61 bits per heavy atom. The van der Waals surface area contributed by atoms with Crippen LogP contribution in [0.4, 0.5) is 5.82 Å². The quantitative estimate of drug-likeness (QED) is 0.627. The molecule has 0 saturated heterocycles. The zero-order valence-corrected chi connectivity index (χ0v) is 15.8. The molecule has 28 heavy (non-hydrogen) atoms. The fourth-order valence-electron chi connectivity index (χ4n) is 2.79. The standard InChI is InChI=1S/C19H21N5O4/c1-11(2)24-16(8-9-20-24)21-18(26)12(3)28-17(25)10-15-13-6-4-5-7-14(13)19(27)23-22-15/h4-9,11-12H,10H2,1-3H3,(H,21,26)(H,23,27)/t12-/m0/s1. The highest BCUT2D eigenvalue weighted by molar-refractivity contribution is 5.95. The van der Waals surface area contributed by atoms with Crippen LogP contribution >= 0.6 is 0 Å². The van der Waals surface area contributed by atoms with Crippen LogP contribution in [0.1, 0.15) is 32.5 Å². The number of aromatic amines is 1. The molecule has 0 fully saturated rings. The van der Waals surface area contributed by atoms with Crippen molar-refractivity contribution in [2.75, 3.05) is 5.32 Å². The first kappa shape index (κ1) is 19.3. The minimum atomic E-state index is -1.00. The van der Waals surface area contributed by atoms with E-state index in [9.17, 15) is 14.4 Å². The summed E-state index contributed by atoms with van der Waals surface area (Å²) >= 11 is 0. The highest BCUT2D eigenvalue weighted by Crippen LogP contribution is 2.15. The van der Waals surface area contributed by atoms with Gasteiger partial charge in [0.05, 0.1) is 23.7 Å². The summed E-state index contributed by atoms with van der Waals surface area (Å²) in [6, 6.07) is 8.59. The van der Waals surface area contributed by atoms with Crippen molar-refractivity contribution in [1.29, 1.82) is 0 Å². The molecule has 1 atom stereocenters. The Bertz CT molecular complexity index is 1070. The third kappa shape index (κ3) is 4.08. The molecule has 9 nitrogen and oxygen atoms in total. The van der Waals surface area contributed by atoms with Gasteiger partial charge in [-0.05, 0) is 26.8 Å². The van der Waals surface area contributed by atoms with Crippen LogP contribution in [0.3, 0.4) is 0 Å². The molecule has 0 aliphatic rings. The van der Waals surface area contributed by atoms with Crippen molar-refractivity contribution in [1.82, 2.24) is 20.0 Å². The number of benzene rings is 1. The average molecular weight is 383 g/mol. The van der Waals surface area contributed by atoms with Gasteiger partial charge in [-0.2, -0.15) is 10.2 Å². The van der Waals surface area contributed by atoms with Crippen LogP contribution in [0, 0.1) is 0 Å². The van der Waals surface area contributed by atoms with Crippen molar-refractivity contribution in [3.05, 3.63) is 52.6 Å². The molecule has 0 radical (unpaired) electrons. The smallest absolute Gasteiger partial charge is 0.312 e. The number of carbonyl (C=O) groups excluding carboxylic acids is 2. The van der Waals surface area contributed by atoms with E-state index in [1.54, 1.807) is 41.2 Å². The number of H-pyrrole nitrogens is 1. The number of rotatable bonds is 6. The van der Waals surface area contributed by atoms with Crippen molar-refractivity contribution in [3.8, 4) is 0 Å². The van der Waals surface area contributed by atoms with Crippen molar-refractivity contribution >= 4 is 28.5 Å². The number of aromatic nitrogens is 4. The second-order valence-electron chi connectivity index (χ2n) is 6.60. The van der Waals surface area contributed by atoms with Gasteiger partial charge in [-0.3, -0.25) is 14.4 Å². The Morgan fingerprint density at radius 1 is 1.18 bits per heavy atom. The molecule has 3 aromatic rings. The number of fused-ring (bicyclic) bond motifs is 1. The molecule has 0 bridgehead atoms. The molecule has 9 heteroatoms. The zero-order valence-electron chi connectivity index (χ0n) is 15.8. The van der Waals surface area contributed by atoms with Crippen LogP contribution in [-0.2, 0) is 20.7 Å². The van der Waals surface area contributed by atoms with E-state index in [-0.39, 0.29) is 18.0 Å². The number of nitrogens with one attached hydrogen (secondary N) is 2. The number of carbonyl (C=O) groups is 2. The van der Waals surface area contributed by atoms with Crippen molar-refractivity contribution in [2.45, 2.75) is 39.3 Å². The van der Waals surface area contributed by atoms with Gasteiger partial charge < -0.3 is 10.1 Å². The van der Waals surface area contributed by atoms with E-state index in [1.165, 1.54) is 6.92 Å². The molecular weight excluding hydrogens is 362 g/mol. The predicted molar refractivity (Wildman–Crippen MR) is 103 cm³/mol. The van der Waals surface area contributed by atoms with E-state index < -0.39 is 18.0 Å². The Hall–Kier alpha value is -3.49. The molecule has 0 saturated carbocycles. The van der Waals surface area contributed by atoms with Gasteiger partial charge in [-0.1, -0.05) is 18.2 Å². The molecular formula is C19H21N5O4. The van der Waals surface area contributed by atoms with Gasteiger partial charge in [-0.25, -0.2) is 9.78 Å². The number of nitrogens with zero attached hydrogens (tertiary/aromatic N) is 3. The molecule has 0 unspecified atom stereocenters. The topological polar surface area (TPSA) is 119 Å². The minimum absolute atomic E-state index is 0.0720. The number of esters is 1. The number of anilines is 1. The number of hydrogen-bond acceptors (Lipinski definition) is 6.